The molecule has 0 heterocycles. The summed E-state index contributed by atoms with van der Waals surface area (Å²) in [5.41, 5.74) is 0.388. The van der Waals surface area contributed by atoms with Crippen LogP contribution in [0.3, 0.4) is 0 Å². The van der Waals surface area contributed by atoms with Crippen LogP contribution in [-0.2, 0) is 16.0 Å². The van der Waals surface area contributed by atoms with Crippen LogP contribution in [0.1, 0.15) is 46.1 Å². The largest absolute Gasteiger partial charge is 0.444 e. The van der Waals surface area contributed by atoms with E-state index in [1.54, 1.807) is 20.8 Å². The van der Waals surface area contributed by atoms with Crippen molar-refractivity contribution in [2.45, 2.75) is 58.6 Å². The number of ether oxygens (including phenoxy) is 1. The lowest BCUT2D eigenvalue weighted by Crippen LogP contribution is -2.49. The molecule has 0 bridgehead atoms. The third-order valence-corrected chi connectivity index (χ3v) is 3.12. The number of carbonyl (C=O) groups excluding carboxylic acids is 2. The van der Waals surface area contributed by atoms with Gasteiger partial charge in [-0.3, -0.25) is 4.79 Å². The molecular weight excluding hydrogens is 292 g/mol. The molecule has 128 valence electrons. The van der Waals surface area contributed by atoms with Crippen molar-refractivity contribution < 1.29 is 14.3 Å². The Bertz CT molecular complexity index is 495. The van der Waals surface area contributed by atoms with Crippen LogP contribution in [0.4, 0.5) is 4.79 Å². The smallest absolute Gasteiger partial charge is 0.408 e. The van der Waals surface area contributed by atoms with E-state index >= 15 is 0 Å². The number of rotatable bonds is 7. The molecule has 5 nitrogen and oxygen atoms in total. The highest BCUT2D eigenvalue weighted by Crippen LogP contribution is 2.08. The van der Waals surface area contributed by atoms with Crippen molar-refractivity contribution in [3.05, 3.63) is 35.9 Å². The first kappa shape index (κ1) is 19.0. The normalized spacial score (nSPS) is 12.3. The van der Waals surface area contributed by atoms with Gasteiger partial charge in [-0.1, -0.05) is 43.7 Å². The lowest BCUT2D eigenvalue weighted by Gasteiger charge is -2.23. The maximum atomic E-state index is 12.3. The molecular formula is C18H28N2O3. The topological polar surface area (TPSA) is 67.4 Å². The number of carbonyl (C=O) groups is 2. The summed E-state index contributed by atoms with van der Waals surface area (Å²) in [7, 11) is 0. The fourth-order valence-electron chi connectivity index (χ4n) is 2.02. The van der Waals surface area contributed by atoms with Gasteiger partial charge < -0.3 is 15.4 Å². The van der Waals surface area contributed by atoms with E-state index < -0.39 is 17.7 Å². The molecule has 5 heteroatoms. The molecule has 0 saturated heterocycles. The average Bonchev–Trinajstić information content (AvgIpc) is 2.46. The van der Waals surface area contributed by atoms with E-state index in [2.05, 4.69) is 17.6 Å². The standard InChI is InChI=1S/C18H28N2O3/c1-5-6-12-19-16(21)15(13-14-10-8-7-9-11-14)20-17(22)23-18(2,3)4/h7-11,15H,5-6,12-13H2,1-4H3,(H,19,21)(H,20,22). The van der Waals surface area contributed by atoms with E-state index in [0.29, 0.717) is 13.0 Å². The van der Waals surface area contributed by atoms with Gasteiger partial charge in [0.1, 0.15) is 11.6 Å². The summed E-state index contributed by atoms with van der Waals surface area (Å²) in [6.45, 7) is 8.05. The molecule has 1 aromatic carbocycles. The first-order chi connectivity index (χ1) is 10.8. The number of unbranched alkanes of at least 4 members (excludes halogenated alkanes) is 1. The Morgan fingerprint density at radius 3 is 2.39 bits per heavy atom. The molecule has 0 fully saturated rings. The first-order valence-electron chi connectivity index (χ1n) is 8.13. The van der Waals surface area contributed by atoms with Gasteiger partial charge in [0, 0.05) is 13.0 Å². The number of hydrogen-bond donors (Lipinski definition) is 2. The van der Waals surface area contributed by atoms with Gasteiger partial charge in [0.05, 0.1) is 0 Å². The minimum absolute atomic E-state index is 0.187. The molecule has 0 aliphatic heterocycles. The summed E-state index contributed by atoms with van der Waals surface area (Å²) >= 11 is 0. The summed E-state index contributed by atoms with van der Waals surface area (Å²) < 4.78 is 5.25. The Balaban J connectivity index is 2.71. The lowest BCUT2D eigenvalue weighted by molar-refractivity contribution is -0.123. The van der Waals surface area contributed by atoms with Gasteiger partial charge in [-0.25, -0.2) is 4.79 Å². The zero-order chi connectivity index (χ0) is 17.3. The Morgan fingerprint density at radius 1 is 1.17 bits per heavy atom. The van der Waals surface area contributed by atoms with E-state index in [9.17, 15) is 9.59 Å². The molecule has 1 aromatic rings. The van der Waals surface area contributed by atoms with Crippen molar-refractivity contribution in [2.75, 3.05) is 6.54 Å². The molecule has 1 rings (SSSR count). The SMILES string of the molecule is CCCCNC(=O)C(Cc1ccccc1)NC(=O)OC(C)(C)C. The molecule has 23 heavy (non-hydrogen) atoms. The van der Waals surface area contributed by atoms with Crippen LogP contribution in [-0.4, -0.2) is 30.2 Å². The summed E-state index contributed by atoms with van der Waals surface area (Å²) in [4.78, 5) is 24.3. The first-order valence-corrected chi connectivity index (χ1v) is 8.13. The summed E-state index contributed by atoms with van der Waals surface area (Å²) in [5, 5.41) is 5.54. The predicted molar refractivity (Wildman–Crippen MR) is 91.2 cm³/mol. The van der Waals surface area contributed by atoms with Crippen LogP contribution >= 0.6 is 0 Å². The monoisotopic (exact) mass is 320 g/mol. The number of hydrogen-bond acceptors (Lipinski definition) is 3. The molecule has 2 N–H and O–H groups in total. The van der Waals surface area contributed by atoms with Gasteiger partial charge in [0.25, 0.3) is 0 Å². The van der Waals surface area contributed by atoms with Crippen LogP contribution < -0.4 is 10.6 Å². The molecule has 0 aromatic heterocycles. The van der Waals surface area contributed by atoms with E-state index in [4.69, 9.17) is 4.74 Å². The Hall–Kier alpha value is -2.04. The summed E-state index contributed by atoms with van der Waals surface area (Å²) in [6.07, 6.45) is 1.77. The number of benzene rings is 1. The third-order valence-electron chi connectivity index (χ3n) is 3.12. The van der Waals surface area contributed by atoms with Crippen molar-refractivity contribution in [1.82, 2.24) is 10.6 Å². The van der Waals surface area contributed by atoms with Crippen LogP contribution in [0.25, 0.3) is 0 Å². The summed E-state index contributed by atoms with van der Waals surface area (Å²) in [6, 6.07) is 8.96. The van der Waals surface area contributed by atoms with Crippen molar-refractivity contribution in [2.24, 2.45) is 0 Å². The Labute approximate surface area is 138 Å². The predicted octanol–water partition coefficient (Wildman–Crippen LogP) is 3.04. The number of alkyl carbamates (subject to hydrolysis) is 1. The molecule has 0 saturated carbocycles. The third kappa shape index (κ3) is 8.24. The van der Waals surface area contributed by atoms with E-state index in [-0.39, 0.29) is 5.91 Å². The fraction of sp³-hybridized carbons (Fsp3) is 0.556. The van der Waals surface area contributed by atoms with Gasteiger partial charge in [-0.2, -0.15) is 0 Å². The highest BCUT2D eigenvalue weighted by molar-refractivity contribution is 5.86. The Kier molecular flexibility index (Phi) is 7.59. The summed E-state index contributed by atoms with van der Waals surface area (Å²) in [5.74, 6) is -0.187. The maximum absolute atomic E-state index is 12.3. The van der Waals surface area contributed by atoms with Crippen molar-refractivity contribution in [3.63, 3.8) is 0 Å². The highest BCUT2D eigenvalue weighted by atomic mass is 16.6. The minimum atomic E-state index is -0.649. The van der Waals surface area contributed by atoms with Crippen LogP contribution in [0, 0.1) is 0 Å². The second kappa shape index (κ2) is 9.18. The van der Waals surface area contributed by atoms with E-state index in [1.165, 1.54) is 0 Å². The van der Waals surface area contributed by atoms with Gasteiger partial charge in [0.15, 0.2) is 0 Å². The highest BCUT2D eigenvalue weighted by Gasteiger charge is 2.24. The number of amides is 2. The quantitative estimate of drug-likeness (QED) is 0.759. The lowest BCUT2D eigenvalue weighted by atomic mass is 10.1. The maximum Gasteiger partial charge on any atom is 0.408 e. The second-order valence-corrected chi connectivity index (χ2v) is 6.53. The fourth-order valence-corrected chi connectivity index (χ4v) is 2.02. The van der Waals surface area contributed by atoms with Crippen molar-refractivity contribution in [1.29, 1.82) is 0 Å². The zero-order valence-corrected chi connectivity index (χ0v) is 14.5. The molecule has 1 unspecified atom stereocenters. The molecule has 0 aliphatic carbocycles. The van der Waals surface area contributed by atoms with E-state index in [0.717, 1.165) is 18.4 Å². The average molecular weight is 320 g/mol. The zero-order valence-electron chi connectivity index (χ0n) is 14.5. The molecule has 1 atom stereocenters. The van der Waals surface area contributed by atoms with Crippen LogP contribution in [0.2, 0.25) is 0 Å². The van der Waals surface area contributed by atoms with Crippen LogP contribution in [0.15, 0.2) is 30.3 Å². The van der Waals surface area contributed by atoms with Gasteiger partial charge in [-0.15, -0.1) is 0 Å². The van der Waals surface area contributed by atoms with E-state index in [1.807, 2.05) is 30.3 Å². The van der Waals surface area contributed by atoms with Gasteiger partial charge >= 0.3 is 6.09 Å². The molecule has 0 spiro atoms. The van der Waals surface area contributed by atoms with Crippen LogP contribution in [0.5, 0.6) is 0 Å². The van der Waals surface area contributed by atoms with Gasteiger partial charge in [0.2, 0.25) is 5.91 Å². The van der Waals surface area contributed by atoms with Gasteiger partial charge in [-0.05, 0) is 32.8 Å². The minimum Gasteiger partial charge on any atom is -0.444 e. The molecule has 0 radical (unpaired) electrons. The second-order valence-electron chi connectivity index (χ2n) is 6.53. The van der Waals surface area contributed by atoms with Crippen molar-refractivity contribution in [3.8, 4) is 0 Å². The molecule has 0 aliphatic rings. The molecule has 2 amide bonds. The Morgan fingerprint density at radius 2 is 1.83 bits per heavy atom. The number of nitrogens with one attached hydrogen (secondary N) is 2. The van der Waals surface area contributed by atoms with Crippen molar-refractivity contribution >= 4 is 12.0 Å².